The van der Waals surface area contributed by atoms with E-state index in [4.69, 9.17) is 14.2 Å². The van der Waals surface area contributed by atoms with E-state index < -0.39 is 5.97 Å². The molecule has 0 N–H and O–H groups in total. The van der Waals surface area contributed by atoms with Crippen molar-refractivity contribution >= 4 is 79.1 Å². The highest BCUT2D eigenvalue weighted by molar-refractivity contribution is 14.1. The molecule has 3 aromatic carbocycles. The number of esters is 1. The molecule has 8 heteroatoms. The van der Waals surface area contributed by atoms with Gasteiger partial charge in [0.25, 0.3) is 0 Å². The van der Waals surface area contributed by atoms with E-state index in [1.165, 1.54) is 0 Å². The first-order valence-corrected chi connectivity index (χ1v) is 13.0. The van der Waals surface area contributed by atoms with Crippen LogP contribution < -0.4 is 9.47 Å². The van der Waals surface area contributed by atoms with Crippen molar-refractivity contribution in [2.45, 2.75) is 13.5 Å². The molecule has 0 spiro atoms. The van der Waals surface area contributed by atoms with Crippen molar-refractivity contribution in [3.8, 4) is 11.5 Å². The summed E-state index contributed by atoms with van der Waals surface area (Å²) in [5.41, 5.74) is 2.81. The minimum absolute atomic E-state index is 0.240. The second-order valence-electron chi connectivity index (χ2n) is 7.02. The average Bonchev–Trinajstić information content (AvgIpc) is 3.14. The summed E-state index contributed by atoms with van der Waals surface area (Å²) in [6.07, 6.45) is 1.70. The fraction of sp³-hybridized carbons (Fsp3) is 0.120. The van der Waals surface area contributed by atoms with E-state index >= 15 is 0 Å². The maximum Gasteiger partial charge on any atom is 0.363 e. The van der Waals surface area contributed by atoms with Gasteiger partial charge in [0.05, 0.1) is 10.2 Å². The number of cyclic esters (lactones) is 1. The van der Waals surface area contributed by atoms with E-state index in [0.29, 0.717) is 30.6 Å². The van der Waals surface area contributed by atoms with Gasteiger partial charge >= 0.3 is 5.97 Å². The molecule has 3 aromatic rings. The molecule has 5 nitrogen and oxygen atoms in total. The van der Waals surface area contributed by atoms with E-state index in [1.54, 1.807) is 6.08 Å². The topological polar surface area (TPSA) is 57.1 Å². The summed E-state index contributed by atoms with van der Waals surface area (Å²) >= 11 is 7.92. The molecule has 33 heavy (non-hydrogen) atoms. The van der Waals surface area contributed by atoms with E-state index in [1.807, 2.05) is 67.6 Å². The molecule has 4 rings (SSSR count). The maximum atomic E-state index is 12.4. The minimum atomic E-state index is -0.480. The van der Waals surface area contributed by atoms with Crippen LogP contribution >= 0.6 is 61.1 Å². The first-order valence-electron chi connectivity index (χ1n) is 10.0. The van der Waals surface area contributed by atoms with Crippen molar-refractivity contribution in [3.05, 3.63) is 94.7 Å². The molecule has 0 saturated heterocycles. The van der Waals surface area contributed by atoms with Crippen molar-refractivity contribution < 1.29 is 19.0 Å². The number of aliphatic imine (C=N–C) groups is 1. The molecule has 0 aliphatic carbocycles. The molecule has 0 aromatic heterocycles. The van der Waals surface area contributed by atoms with E-state index in [0.717, 1.165) is 28.3 Å². The Labute approximate surface area is 227 Å². The summed E-state index contributed by atoms with van der Waals surface area (Å²) in [6, 6.07) is 19.4. The molecule has 0 bridgehead atoms. The summed E-state index contributed by atoms with van der Waals surface area (Å²) < 4.78 is 20.3. The summed E-state index contributed by atoms with van der Waals surface area (Å²) in [4.78, 5) is 16.8. The molecule has 0 radical (unpaired) electrons. The zero-order valence-electron chi connectivity index (χ0n) is 17.5. The zero-order valence-corrected chi connectivity index (χ0v) is 23.4. The van der Waals surface area contributed by atoms with Crippen molar-refractivity contribution in [1.29, 1.82) is 0 Å². The van der Waals surface area contributed by atoms with Gasteiger partial charge in [-0.3, -0.25) is 0 Å². The van der Waals surface area contributed by atoms with E-state index in [2.05, 4.69) is 66.1 Å². The van der Waals surface area contributed by atoms with Gasteiger partial charge < -0.3 is 14.2 Å². The molecule has 1 aliphatic heterocycles. The number of nitrogens with zero attached hydrogens (tertiary/aromatic N) is 1. The number of hydrogen-bond donors (Lipinski definition) is 0. The van der Waals surface area contributed by atoms with Gasteiger partial charge in [-0.2, -0.15) is 0 Å². The lowest BCUT2D eigenvalue weighted by Gasteiger charge is -2.15. The van der Waals surface area contributed by atoms with E-state index in [9.17, 15) is 4.79 Å². The largest absolute Gasteiger partial charge is 0.490 e. The maximum absolute atomic E-state index is 12.4. The van der Waals surface area contributed by atoms with Gasteiger partial charge in [0, 0.05) is 13.6 Å². The smallest absolute Gasteiger partial charge is 0.363 e. The van der Waals surface area contributed by atoms with Crippen LogP contribution in [-0.2, 0) is 16.1 Å². The Kier molecular flexibility index (Phi) is 8.07. The summed E-state index contributed by atoms with van der Waals surface area (Å²) in [5.74, 6) is 1.10. The van der Waals surface area contributed by atoms with Gasteiger partial charge in [-0.05, 0) is 118 Å². The molecular formula is C25H18BrI2NO4. The van der Waals surface area contributed by atoms with Crippen molar-refractivity contribution in [3.63, 3.8) is 0 Å². The Balaban J connectivity index is 1.61. The van der Waals surface area contributed by atoms with Crippen LogP contribution in [0.25, 0.3) is 6.08 Å². The van der Waals surface area contributed by atoms with Crippen molar-refractivity contribution in [2.75, 3.05) is 6.61 Å². The second kappa shape index (κ2) is 11.0. The zero-order chi connectivity index (χ0) is 23.4. The third kappa shape index (κ3) is 6.15. The Hall–Kier alpha value is -1.92. The summed E-state index contributed by atoms with van der Waals surface area (Å²) in [7, 11) is 0. The lowest BCUT2D eigenvalue weighted by Crippen LogP contribution is -2.05. The molecule has 0 saturated carbocycles. The highest BCUT2D eigenvalue weighted by Gasteiger charge is 2.24. The van der Waals surface area contributed by atoms with Gasteiger partial charge in [0.1, 0.15) is 6.61 Å². The number of carbonyl (C=O) groups excluding carboxylic acids is 1. The minimum Gasteiger partial charge on any atom is -0.490 e. The average molecular weight is 730 g/mol. The van der Waals surface area contributed by atoms with E-state index in [-0.39, 0.29) is 5.70 Å². The van der Waals surface area contributed by atoms with Crippen LogP contribution in [0.5, 0.6) is 11.5 Å². The van der Waals surface area contributed by atoms with Gasteiger partial charge in [0.15, 0.2) is 17.2 Å². The van der Waals surface area contributed by atoms with Crippen LogP contribution in [0.15, 0.2) is 75.8 Å². The lowest BCUT2D eigenvalue weighted by molar-refractivity contribution is -0.129. The number of benzene rings is 3. The Morgan fingerprint density at radius 1 is 1.06 bits per heavy atom. The van der Waals surface area contributed by atoms with Crippen LogP contribution in [-0.4, -0.2) is 18.5 Å². The summed E-state index contributed by atoms with van der Waals surface area (Å²) in [5, 5.41) is 0. The van der Waals surface area contributed by atoms with Crippen molar-refractivity contribution in [1.82, 2.24) is 0 Å². The molecule has 168 valence electrons. The molecule has 1 heterocycles. The number of carbonyl (C=O) groups is 1. The summed E-state index contributed by atoms with van der Waals surface area (Å²) in [6.45, 7) is 2.81. The molecule has 1 aliphatic rings. The Morgan fingerprint density at radius 3 is 2.58 bits per heavy atom. The highest BCUT2D eigenvalue weighted by atomic mass is 127. The van der Waals surface area contributed by atoms with Gasteiger partial charge in [-0.1, -0.05) is 28.1 Å². The first kappa shape index (κ1) is 24.2. The predicted octanol–water partition coefficient (Wildman–Crippen LogP) is 6.98. The standard InChI is InChI=1S/C25H18BrI2NO4/c1-2-31-22-13-16(11-20(28)23(22)32-14-15-4-3-5-18(26)10-15)12-21-25(30)33-24(29-21)17-6-8-19(27)9-7-17/h3-13H,2,14H2,1H3/b21-12-. The molecular weight excluding hydrogens is 712 g/mol. The fourth-order valence-electron chi connectivity index (χ4n) is 3.14. The first-order chi connectivity index (χ1) is 15.9. The molecule has 0 fully saturated rings. The Morgan fingerprint density at radius 2 is 1.85 bits per heavy atom. The van der Waals surface area contributed by atoms with Gasteiger partial charge in [-0.15, -0.1) is 0 Å². The lowest BCUT2D eigenvalue weighted by atomic mass is 10.1. The van der Waals surface area contributed by atoms with Crippen molar-refractivity contribution in [2.24, 2.45) is 4.99 Å². The normalized spacial score (nSPS) is 14.2. The SMILES string of the molecule is CCOc1cc(/C=C2\N=C(c3ccc(I)cc3)OC2=O)cc(I)c1OCc1cccc(Br)c1. The number of rotatable bonds is 7. The number of ether oxygens (including phenoxy) is 3. The van der Waals surface area contributed by atoms with Gasteiger partial charge in [0.2, 0.25) is 5.90 Å². The third-order valence-corrected chi connectivity index (χ3v) is 6.63. The van der Waals surface area contributed by atoms with Crippen LogP contribution in [0.1, 0.15) is 23.6 Å². The van der Waals surface area contributed by atoms with Crippen LogP contribution in [0.4, 0.5) is 0 Å². The molecule has 0 atom stereocenters. The molecule has 0 unspecified atom stereocenters. The second-order valence-corrected chi connectivity index (χ2v) is 10.3. The monoisotopic (exact) mass is 729 g/mol. The van der Waals surface area contributed by atoms with Gasteiger partial charge in [-0.25, -0.2) is 9.79 Å². The number of halogens is 3. The third-order valence-electron chi connectivity index (χ3n) is 4.62. The van der Waals surface area contributed by atoms with Crippen LogP contribution in [0, 0.1) is 7.14 Å². The quantitative estimate of drug-likeness (QED) is 0.150. The van der Waals surface area contributed by atoms with Crippen LogP contribution in [0.2, 0.25) is 0 Å². The predicted molar refractivity (Wildman–Crippen MR) is 149 cm³/mol. The van der Waals surface area contributed by atoms with Crippen LogP contribution in [0.3, 0.4) is 0 Å². The fourth-order valence-corrected chi connectivity index (χ4v) is 4.73. The molecule has 0 amide bonds. The number of hydrogen-bond acceptors (Lipinski definition) is 5. The Bertz CT molecular complexity index is 1260. The highest BCUT2D eigenvalue weighted by Crippen LogP contribution is 2.36.